The molecule has 0 amide bonds. The standard InChI is InChI=1S/C11H20N4S/c1-2-14-3-5-15(6-4-14)9-11-13-8-10(7-12)16-11/h8H,2-7,9,12H2,1H3. The molecule has 0 radical (unpaired) electrons. The van der Waals surface area contributed by atoms with Crippen molar-refractivity contribution in [1.82, 2.24) is 14.8 Å². The molecule has 1 aliphatic heterocycles. The minimum atomic E-state index is 0.612. The molecule has 90 valence electrons. The van der Waals surface area contributed by atoms with Crippen molar-refractivity contribution in [2.45, 2.75) is 20.0 Å². The second-order valence-electron chi connectivity index (χ2n) is 4.13. The van der Waals surface area contributed by atoms with Gasteiger partial charge in [0.15, 0.2) is 0 Å². The third kappa shape index (κ3) is 3.01. The summed E-state index contributed by atoms with van der Waals surface area (Å²) in [4.78, 5) is 10.6. The summed E-state index contributed by atoms with van der Waals surface area (Å²) in [5.74, 6) is 0. The number of likely N-dealkylation sites (N-methyl/N-ethyl adjacent to an activating group) is 1. The first-order valence-corrected chi connectivity index (χ1v) is 6.72. The Morgan fingerprint density at radius 1 is 1.31 bits per heavy atom. The number of hydrogen-bond donors (Lipinski definition) is 1. The summed E-state index contributed by atoms with van der Waals surface area (Å²) in [7, 11) is 0. The molecule has 2 rings (SSSR count). The van der Waals surface area contributed by atoms with Crippen LogP contribution in [0.5, 0.6) is 0 Å². The van der Waals surface area contributed by atoms with Crippen molar-refractivity contribution in [3.63, 3.8) is 0 Å². The molecule has 2 heterocycles. The molecule has 1 fully saturated rings. The van der Waals surface area contributed by atoms with Crippen molar-refractivity contribution in [1.29, 1.82) is 0 Å². The summed E-state index contributed by atoms with van der Waals surface area (Å²) in [6.45, 7) is 9.68. The molecule has 16 heavy (non-hydrogen) atoms. The molecule has 1 aromatic heterocycles. The first-order chi connectivity index (χ1) is 7.81. The van der Waals surface area contributed by atoms with Crippen molar-refractivity contribution < 1.29 is 0 Å². The van der Waals surface area contributed by atoms with Gasteiger partial charge in [-0.1, -0.05) is 6.92 Å². The predicted octanol–water partition coefficient (Wildman–Crippen LogP) is 0.739. The van der Waals surface area contributed by atoms with Gasteiger partial charge in [0.1, 0.15) is 5.01 Å². The number of rotatable bonds is 4. The zero-order valence-corrected chi connectivity index (χ0v) is 10.7. The summed E-state index contributed by atoms with van der Waals surface area (Å²) in [6.07, 6.45) is 1.91. The average molecular weight is 240 g/mol. The number of piperazine rings is 1. The van der Waals surface area contributed by atoms with E-state index in [2.05, 4.69) is 21.7 Å². The minimum absolute atomic E-state index is 0.612. The van der Waals surface area contributed by atoms with Crippen LogP contribution in [-0.4, -0.2) is 47.5 Å². The van der Waals surface area contributed by atoms with Crippen molar-refractivity contribution in [3.05, 3.63) is 16.1 Å². The lowest BCUT2D eigenvalue weighted by atomic mass is 10.3. The second kappa shape index (κ2) is 5.72. The summed E-state index contributed by atoms with van der Waals surface area (Å²) >= 11 is 1.74. The maximum atomic E-state index is 5.58. The van der Waals surface area contributed by atoms with E-state index < -0.39 is 0 Å². The van der Waals surface area contributed by atoms with Gasteiger partial charge in [0.25, 0.3) is 0 Å². The van der Waals surface area contributed by atoms with Gasteiger partial charge in [0.05, 0.1) is 6.54 Å². The van der Waals surface area contributed by atoms with Gasteiger partial charge in [-0.15, -0.1) is 11.3 Å². The Morgan fingerprint density at radius 3 is 2.56 bits per heavy atom. The van der Waals surface area contributed by atoms with Crippen LogP contribution in [0.1, 0.15) is 16.8 Å². The zero-order valence-electron chi connectivity index (χ0n) is 9.85. The minimum Gasteiger partial charge on any atom is -0.326 e. The molecule has 1 aliphatic rings. The molecule has 4 nitrogen and oxygen atoms in total. The topological polar surface area (TPSA) is 45.4 Å². The van der Waals surface area contributed by atoms with Crippen molar-refractivity contribution >= 4 is 11.3 Å². The van der Waals surface area contributed by atoms with Crippen LogP contribution >= 0.6 is 11.3 Å². The Morgan fingerprint density at radius 2 is 2.00 bits per heavy atom. The van der Waals surface area contributed by atoms with Gasteiger partial charge < -0.3 is 10.6 Å². The Labute approximate surface area is 101 Å². The molecule has 2 N–H and O–H groups in total. The smallest absolute Gasteiger partial charge is 0.107 e. The van der Waals surface area contributed by atoms with Crippen molar-refractivity contribution in [2.24, 2.45) is 5.73 Å². The number of aromatic nitrogens is 1. The monoisotopic (exact) mass is 240 g/mol. The fourth-order valence-corrected chi connectivity index (χ4v) is 2.81. The molecule has 0 saturated carbocycles. The quantitative estimate of drug-likeness (QED) is 0.843. The third-order valence-corrected chi connectivity index (χ3v) is 4.08. The van der Waals surface area contributed by atoms with Crippen LogP contribution in [0.3, 0.4) is 0 Å². The maximum Gasteiger partial charge on any atom is 0.107 e. The van der Waals surface area contributed by atoms with Crippen LogP contribution in [-0.2, 0) is 13.1 Å². The highest BCUT2D eigenvalue weighted by Crippen LogP contribution is 2.15. The molecule has 1 aromatic rings. The number of thiazole rings is 1. The molecule has 1 saturated heterocycles. The molecular weight excluding hydrogens is 220 g/mol. The van der Waals surface area contributed by atoms with Crippen LogP contribution in [0.2, 0.25) is 0 Å². The van der Waals surface area contributed by atoms with E-state index >= 15 is 0 Å². The molecule has 0 spiro atoms. The molecule has 0 aromatic carbocycles. The molecule has 5 heteroatoms. The number of hydrogen-bond acceptors (Lipinski definition) is 5. The van der Waals surface area contributed by atoms with Gasteiger partial charge >= 0.3 is 0 Å². The van der Waals surface area contributed by atoms with E-state index in [1.165, 1.54) is 29.5 Å². The van der Waals surface area contributed by atoms with E-state index in [0.29, 0.717) is 6.54 Å². The lowest BCUT2D eigenvalue weighted by molar-refractivity contribution is 0.132. The van der Waals surface area contributed by atoms with Gasteiger partial charge in [-0.25, -0.2) is 4.98 Å². The summed E-state index contributed by atoms with van der Waals surface area (Å²) in [6, 6.07) is 0. The Bertz CT molecular complexity index is 318. The highest BCUT2D eigenvalue weighted by atomic mass is 32.1. The van der Waals surface area contributed by atoms with Gasteiger partial charge in [-0.05, 0) is 6.54 Å². The van der Waals surface area contributed by atoms with E-state index in [0.717, 1.165) is 19.6 Å². The summed E-state index contributed by atoms with van der Waals surface area (Å²) in [5, 5.41) is 1.20. The number of nitrogens with two attached hydrogens (primary N) is 1. The fourth-order valence-electron chi connectivity index (χ4n) is 1.97. The van der Waals surface area contributed by atoms with E-state index in [1.807, 2.05) is 6.20 Å². The van der Waals surface area contributed by atoms with Gasteiger partial charge in [0.2, 0.25) is 0 Å². The lowest BCUT2D eigenvalue weighted by Gasteiger charge is -2.33. The lowest BCUT2D eigenvalue weighted by Crippen LogP contribution is -2.45. The fraction of sp³-hybridized carbons (Fsp3) is 0.727. The van der Waals surface area contributed by atoms with Crippen molar-refractivity contribution in [2.75, 3.05) is 32.7 Å². The predicted molar refractivity (Wildman–Crippen MR) is 67.4 cm³/mol. The van der Waals surface area contributed by atoms with Gasteiger partial charge in [0, 0.05) is 43.8 Å². The zero-order chi connectivity index (χ0) is 11.4. The van der Waals surface area contributed by atoms with E-state index in [4.69, 9.17) is 5.73 Å². The Hall–Kier alpha value is -0.490. The van der Waals surface area contributed by atoms with Crippen LogP contribution in [0.15, 0.2) is 6.20 Å². The maximum absolute atomic E-state index is 5.58. The summed E-state index contributed by atoms with van der Waals surface area (Å²) in [5.41, 5.74) is 5.58. The van der Waals surface area contributed by atoms with Crippen LogP contribution in [0.25, 0.3) is 0 Å². The SMILES string of the molecule is CCN1CCN(Cc2ncc(CN)s2)CC1. The second-order valence-corrected chi connectivity index (χ2v) is 5.33. The molecule has 0 aliphatic carbocycles. The highest BCUT2D eigenvalue weighted by molar-refractivity contribution is 7.11. The molecule has 0 unspecified atom stereocenters. The van der Waals surface area contributed by atoms with E-state index in [9.17, 15) is 0 Å². The van der Waals surface area contributed by atoms with Gasteiger partial charge in [-0.2, -0.15) is 0 Å². The molecule has 0 atom stereocenters. The van der Waals surface area contributed by atoms with E-state index in [1.54, 1.807) is 11.3 Å². The molecular formula is C11H20N4S. The first kappa shape index (κ1) is 12.0. The largest absolute Gasteiger partial charge is 0.326 e. The van der Waals surface area contributed by atoms with Gasteiger partial charge in [-0.3, -0.25) is 4.90 Å². The van der Waals surface area contributed by atoms with E-state index in [-0.39, 0.29) is 0 Å². The number of nitrogens with zero attached hydrogens (tertiary/aromatic N) is 3. The Kier molecular flexibility index (Phi) is 4.29. The van der Waals surface area contributed by atoms with Crippen LogP contribution in [0, 0.1) is 0 Å². The van der Waals surface area contributed by atoms with Crippen LogP contribution < -0.4 is 5.73 Å². The summed E-state index contributed by atoms with van der Waals surface area (Å²) < 4.78 is 0. The highest BCUT2D eigenvalue weighted by Gasteiger charge is 2.16. The average Bonchev–Trinajstić information content (AvgIpc) is 2.78. The molecule has 0 bridgehead atoms. The van der Waals surface area contributed by atoms with Crippen molar-refractivity contribution in [3.8, 4) is 0 Å². The normalized spacial score (nSPS) is 19.1. The Balaban J connectivity index is 1.82. The van der Waals surface area contributed by atoms with Crippen LogP contribution in [0.4, 0.5) is 0 Å². The third-order valence-electron chi connectivity index (χ3n) is 3.07. The first-order valence-electron chi connectivity index (χ1n) is 5.90.